The SMILES string of the molecule is O=C(O)c1cn[nH]c1NC1CCCCO1. The molecule has 0 bridgehead atoms. The Kier molecular flexibility index (Phi) is 2.86. The molecule has 1 fully saturated rings. The topological polar surface area (TPSA) is 87.2 Å². The van der Waals surface area contributed by atoms with E-state index in [0.717, 1.165) is 19.3 Å². The van der Waals surface area contributed by atoms with Gasteiger partial charge < -0.3 is 15.2 Å². The number of ether oxygens (including phenoxy) is 1. The molecule has 0 amide bonds. The molecule has 1 atom stereocenters. The minimum Gasteiger partial charge on any atom is -0.477 e. The average molecular weight is 211 g/mol. The highest BCUT2D eigenvalue weighted by molar-refractivity contribution is 5.92. The van der Waals surface area contributed by atoms with Crippen molar-refractivity contribution in [3.05, 3.63) is 11.8 Å². The lowest BCUT2D eigenvalue weighted by Gasteiger charge is -2.23. The maximum Gasteiger partial charge on any atom is 0.341 e. The summed E-state index contributed by atoms with van der Waals surface area (Å²) in [5.74, 6) is -0.587. The lowest BCUT2D eigenvalue weighted by atomic mass is 10.2. The smallest absolute Gasteiger partial charge is 0.341 e. The molecule has 1 aromatic rings. The first kappa shape index (κ1) is 9.97. The first-order chi connectivity index (χ1) is 7.27. The fourth-order valence-corrected chi connectivity index (χ4v) is 1.57. The van der Waals surface area contributed by atoms with Gasteiger partial charge in [0, 0.05) is 6.61 Å². The van der Waals surface area contributed by atoms with Crippen LogP contribution < -0.4 is 5.32 Å². The van der Waals surface area contributed by atoms with E-state index in [1.807, 2.05) is 0 Å². The molecule has 0 radical (unpaired) electrons. The summed E-state index contributed by atoms with van der Waals surface area (Å²) < 4.78 is 5.43. The Morgan fingerprint density at radius 1 is 1.67 bits per heavy atom. The van der Waals surface area contributed by atoms with Crippen molar-refractivity contribution in [2.45, 2.75) is 25.5 Å². The van der Waals surface area contributed by atoms with E-state index in [0.29, 0.717) is 12.4 Å². The molecular formula is C9H13N3O3. The predicted octanol–water partition coefficient (Wildman–Crippen LogP) is 1.05. The molecule has 2 rings (SSSR count). The number of rotatable bonds is 3. The summed E-state index contributed by atoms with van der Waals surface area (Å²) in [6.07, 6.45) is 4.21. The van der Waals surface area contributed by atoms with Crippen LogP contribution in [0.2, 0.25) is 0 Å². The van der Waals surface area contributed by atoms with Gasteiger partial charge in [0.1, 0.15) is 17.6 Å². The zero-order valence-electron chi connectivity index (χ0n) is 8.19. The third-order valence-electron chi connectivity index (χ3n) is 2.35. The van der Waals surface area contributed by atoms with Gasteiger partial charge in [-0.3, -0.25) is 5.10 Å². The van der Waals surface area contributed by atoms with Gasteiger partial charge in [0.15, 0.2) is 0 Å². The maximum atomic E-state index is 10.8. The van der Waals surface area contributed by atoms with Crippen molar-refractivity contribution < 1.29 is 14.6 Å². The van der Waals surface area contributed by atoms with Crippen LogP contribution in [0.4, 0.5) is 5.82 Å². The van der Waals surface area contributed by atoms with Gasteiger partial charge in [0.25, 0.3) is 0 Å². The third-order valence-corrected chi connectivity index (χ3v) is 2.35. The van der Waals surface area contributed by atoms with Gasteiger partial charge in [0.05, 0.1) is 6.20 Å². The van der Waals surface area contributed by atoms with Crippen molar-refractivity contribution in [3.63, 3.8) is 0 Å². The number of hydrogen-bond acceptors (Lipinski definition) is 4. The molecule has 1 unspecified atom stereocenters. The van der Waals surface area contributed by atoms with E-state index in [4.69, 9.17) is 9.84 Å². The molecule has 15 heavy (non-hydrogen) atoms. The van der Waals surface area contributed by atoms with Crippen molar-refractivity contribution in [1.29, 1.82) is 0 Å². The monoisotopic (exact) mass is 211 g/mol. The molecule has 0 aliphatic carbocycles. The lowest BCUT2D eigenvalue weighted by molar-refractivity contribution is 0.0340. The highest BCUT2D eigenvalue weighted by atomic mass is 16.5. The molecule has 0 aromatic carbocycles. The van der Waals surface area contributed by atoms with Crippen molar-refractivity contribution in [2.75, 3.05) is 11.9 Å². The minimum absolute atomic E-state index is 0.114. The second kappa shape index (κ2) is 4.31. The van der Waals surface area contributed by atoms with E-state index in [1.54, 1.807) is 0 Å². The number of carboxylic acid groups (broad SMARTS) is 1. The lowest BCUT2D eigenvalue weighted by Crippen LogP contribution is -2.28. The fourth-order valence-electron chi connectivity index (χ4n) is 1.57. The fraction of sp³-hybridized carbons (Fsp3) is 0.556. The molecule has 0 saturated carbocycles. The van der Waals surface area contributed by atoms with E-state index < -0.39 is 5.97 Å². The van der Waals surface area contributed by atoms with Crippen molar-refractivity contribution in [1.82, 2.24) is 10.2 Å². The molecular weight excluding hydrogens is 198 g/mol. The van der Waals surface area contributed by atoms with Crippen LogP contribution in [-0.4, -0.2) is 34.1 Å². The molecule has 1 aliphatic heterocycles. The summed E-state index contributed by atoms with van der Waals surface area (Å²) in [5, 5.41) is 18.1. The molecule has 82 valence electrons. The molecule has 0 spiro atoms. The number of aromatic nitrogens is 2. The Morgan fingerprint density at radius 2 is 2.53 bits per heavy atom. The summed E-state index contributed by atoms with van der Waals surface area (Å²) in [6.45, 7) is 0.716. The Morgan fingerprint density at radius 3 is 3.20 bits per heavy atom. The zero-order chi connectivity index (χ0) is 10.7. The minimum atomic E-state index is -0.998. The largest absolute Gasteiger partial charge is 0.477 e. The van der Waals surface area contributed by atoms with Crippen molar-refractivity contribution in [2.24, 2.45) is 0 Å². The Balaban J connectivity index is 2.03. The number of nitrogens with one attached hydrogen (secondary N) is 2. The predicted molar refractivity (Wildman–Crippen MR) is 52.8 cm³/mol. The number of carboxylic acids is 1. The number of aromatic carboxylic acids is 1. The Hall–Kier alpha value is -1.56. The van der Waals surface area contributed by atoms with E-state index in [-0.39, 0.29) is 11.8 Å². The zero-order valence-corrected chi connectivity index (χ0v) is 8.19. The standard InChI is InChI=1S/C9H13N3O3/c13-9(14)6-5-10-12-8(6)11-7-3-1-2-4-15-7/h5,7H,1-4H2,(H,13,14)(H2,10,11,12). The normalized spacial score (nSPS) is 21.2. The maximum absolute atomic E-state index is 10.8. The molecule has 1 saturated heterocycles. The number of carbonyl (C=O) groups is 1. The second-order valence-electron chi connectivity index (χ2n) is 3.46. The van der Waals surface area contributed by atoms with Gasteiger partial charge in [-0.2, -0.15) is 5.10 Å². The van der Waals surface area contributed by atoms with E-state index >= 15 is 0 Å². The molecule has 6 heteroatoms. The van der Waals surface area contributed by atoms with Crippen LogP contribution >= 0.6 is 0 Å². The van der Waals surface area contributed by atoms with E-state index in [1.165, 1.54) is 6.20 Å². The van der Waals surface area contributed by atoms with Gasteiger partial charge in [0.2, 0.25) is 0 Å². The van der Waals surface area contributed by atoms with Gasteiger partial charge in [-0.15, -0.1) is 0 Å². The molecule has 6 nitrogen and oxygen atoms in total. The van der Waals surface area contributed by atoms with Gasteiger partial charge in [-0.05, 0) is 19.3 Å². The van der Waals surface area contributed by atoms with Gasteiger partial charge in [-0.1, -0.05) is 0 Å². The first-order valence-corrected chi connectivity index (χ1v) is 4.92. The third kappa shape index (κ3) is 2.27. The number of aromatic amines is 1. The summed E-state index contributed by atoms with van der Waals surface area (Å²) in [6, 6.07) is 0. The second-order valence-corrected chi connectivity index (χ2v) is 3.46. The van der Waals surface area contributed by atoms with Crippen LogP contribution in [0.5, 0.6) is 0 Å². The molecule has 2 heterocycles. The van der Waals surface area contributed by atoms with Gasteiger partial charge >= 0.3 is 5.97 Å². The quantitative estimate of drug-likeness (QED) is 0.695. The Labute approximate surface area is 86.6 Å². The molecule has 1 aromatic heterocycles. The molecule has 3 N–H and O–H groups in total. The number of hydrogen-bond donors (Lipinski definition) is 3. The highest BCUT2D eigenvalue weighted by Gasteiger charge is 2.18. The van der Waals surface area contributed by atoms with Crippen molar-refractivity contribution in [3.8, 4) is 0 Å². The van der Waals surface area contributed by atoms with Crippen LogP contribution in [0.25, 0.3) is 0 Å². The number of H-pyrrole nitrogens is 1. The Bertz CT molecular complexity index is 344. The van der Waals surface area contributed by atoms with Crippen LogP contribution in [-0.2, 0) is 4.74 Å². The van der Waals surface area contributed by atoms with Crippen LogP contribution in [0.1, 0.15) is 29.6 Å². The van der Waals surface area contributed by atoms with Crippen LogP contribution in [0.3, 0.4) is 0 Å². The van der Waals surface area contributed by atoms with Crippen molar-refractivity contribution >= 4 is 11.8 Å². The van der Waals surface area contributed by atoms with Crippen LogP contribution in [0, 0.1) is 0 Å². The molecule has 1 aliphatic rings. The number of nitrogens with zero attached hydrogens (tertiary/aromatic N) is 1. The van der Waals surface area contributed by atoms with E-state index in [2.05, 4.69) is 15.5 Å². The van der Waals surface area contributed by atoms with Crippen LogP contribution in [0.15, 0.2) is 6.20 Å². The highest BCUT2D eigenvalue weighted by Crippen LogP contribution is 2.17. The first-order valence-electron chi connectivity index (χ1n) is 4.92. The summed E-state index contributed by atoms with van der Waals surface area (Å²) >= 11 is 0. The average Bonchev–Trinajstić information content (AvgIpc) is 2.67. The number of anilines is 1. The summed E-state index contributed by atoms with van der Waals surface area (Å²) in [4.78, 5) is 10.8. The van der Waals surface area contributed by atoms with E-state index in [9.17, 15) is 4.79 Å². The van der Waals surface area contributed by atoms with Gasteiger partial charge in [-0.25, -0.2) is 4.79 Å². The summed E-state index contributed by atoms with van der Waals surface area (Å²) in [7, 11) is 0. The summed E-state index contributed by atoms with van der Waals surface area (Å²) in [5.41, 5.74) is 0.143.